The molecule has 1 atom stereocenters. The van der Waals surface area contributed by atoms with Gasteiger partial charge < -0.3 is 10.4 Å². The van der Waals surface area contributed by atoms with Gasteiger partial charge in [0.1, 0.15) is 4.90 Å². The zero-order valence-corrected chi connectivity index (χ0v) is 16.2. The second-order valence-electron chi connectivity index (χ2n) is 6.73. The monoisotopic (exact) mass is 380 g/mol. The van der Waals surface area contributed by atoms with E-state index < -0.39 is 16.0 Å². The molecule has 1 aliphatic rings. The smallest absolute Gasteiger partial charge is 0.335 e. The molecule has 1 aliphatic carbocycles. The van der Waals surface area contributed by atoms with E-state index in [4.69, 9.17) is 0 Å². The molecule has 6 nitrogen and oxygen atoms in total. The Kier molecular flexibility index (Phi) is 7.23. The molecular weight excluding hydrogens is 352 g/mol. The normalized spacial score (nSPS) is 16.0. The molecule has 7 heteroatoms. The first-order chi connectivity index (χ1) is 12.3. The topological polar surface area (TPSA) is 95.5 Å². The van der Waals surface area contributed by atoms with Crippen molar-refractivity contribution in [2.24, 2.45) is 0 Å². The molecule has 0 saturated carbocycles. The van der Waals surface area contributed by atoms with Gasteiger partial charge in [0.25, 0.3) is 0 Å². The second-order valence-corrected chi connectivity index (χ2v) is 8.46. The summed E-state index contributed by atoms with van der Waals surface area (Å²) in [6, 6.07) is 4.23. The molecule has 0 radical (unpaired) electrons. The van der Waals surface area contributed by atoms with Gasteiger partial charge in [-0.15, -0.1) is 0 Å². The first-order valence-corrected chi connectivity index (χ1v) is 10.6. The van der Waals surface area contributed by atoms with Crippen LogP contribution in [-0.2, 0) is 10.0 Å². The Balaban J connectivity index is 2.19. The first kappa shape index (κ1) is 20.5. The predicted octanol–water partition coefficient (Wildman–Crippen LogP) is 3.76. The van der Waals surface area contributed by atoms with E-state index >= 15 is 0 Å². The van der Waals surface area contributed by atoms with Crippen LogP contribution in [0, 0.1) is 0 Å². The van der Waals surface area contributed by atoms with Crippen LogP contribution in [-0.4, -0.2) is 32.1 Å². The summed E-state index contributed by atoms with van der Waals surface area (Å²) in [5.74, 6) is -1.15. The third-order valence-corrected chi connectivity index (χ3v) is 6.16. The molecule has 0 bridgehead atoms. The highest BCUT2D eigenvalue weighted by atomic mass is 32.2. The fourth-order valence-corrected chi connectivity index (χ4v) is 4.14. The van der Waals surface area contributed by atoms with Gasteiger partial charge in [-0.1, -0.05) is 18.6 Å². The van der Waals surface area contributed by atoms with Crippen LogP contribution in [0.5, 0.6) is 0 Å². The molecule has 0 heterocycles. The summed E-state index contributed by atoms with van der Waals surface area (Å²) in [5, 5.41) is 12.3. The number of carboxylic acids is 1. The number of carbonyl (C=O) groups is 1. The van der Waals surface area contributed by atoms with Crippen molar-refractivity contribution in [2.75, 3.05) is 11.9 Å². The highest BCUT2D eigenvalue weighted by Gasteiger charge is 2.21. The average Bonchev–Trinajstić information content (AvgIpc) is 2.62. The van der Waals surface area contributed by atoms with Gasteiger partial charge in [-0.2, -0.15) is 0 Å². The Morgan fingerprint density at radius 1 is 1.31 bits per heavy atom. The van der Waals surface area contributed by atoms with Crippen LogP contribution in [0.15, 0.2) is 34.7 Å². The van der Waals surface area contributed by atoms with E-state index in [1.165, 1.54) is 30.2 Å². The van der Waals surface area contributed by atoms with Crippen molar-refractivity contribution in [3.05, 3.63) is 35.4 Å². The molecule has 1 aromatic rings. The summed E-state index contributed by atoms with van der Waals surface area (Å²) >= 11 is 0. The maximum atomic E-state index is 12.8. The molecule has 0 fully saturated rings. The number of aromatic carboxylic acids is 1. The summed E-state index contributed by atoms with van der Waals surface area (Å²) in [4.78, 5) is 11.2. The lowest BCUT2D eigenvalue weighted by atomic mass is 9.97. The number of hydrogen-bond donors (Lipinski definition) is 3. The Morgan fingerprint density at radius 3 is 2.69 bits per heavy atom. The van der Waals surface area contributed by atoms with E-state index in [0.29, 0.717) is 18.7 Å². The number of benzene rings is 1. The fourth-order valence-electron chi connectivity index (χ4n) is 2.92. The number of sulfonamides is 1. The van der Waals surface area contributed by atoms with Crippen molar-refractivity contribution >= 4 is 21.7 Å². The molecule has 0 saturated heterocycles. The molecule has 3 N–H and O–H groups in total. The summed E-state index contributed by atoms with van der Waals surface area (Å²) in [6.07, 6.45) is 8.14. The molecular formula is C19H28N2O4S. The van der Waals surface area contributed by atoms with Gasteiger partial charge in [-0.3, -0.25) is 0 Å². The van der Waals surface area contributed by atoms with Crippen LogP contribution in [0.1, 0.15) is 62.7 Å². The number of nitrogens with one attached hydrogen (secondary N) is 2. The van der Waals surface area contributed by atoms with Gasteiger partial charge in [0.2, 0.25) is 10.0 Å². The Hall–Kier alpha value is -1.86. The molecule has 2 rings (SSSR count). The Morgan fingerprint density at radius 2 is 2.08 bits per heavy atom. The number of allylic oxidation sites excluding steroid dienone is 1. The predicted molar refractivity (Wildman–Crippen MR) is 103 cm³/mol. The van der Waals surface area contributed by atoms with E-state index in [9.17, 15) is 18.3 Å². The minimum atomic E-state index is -3.80. The summed E-state index contributed by atoms with van der Waals surface area (Å²) in [5.41, 5.74) is 1.67. The van der Waals surface area contributed by atoms with Crippen LogP contribution in [0.2, 0.25) is 0 Å². The zero-order chi connectivity index (χ0) is 19.2. The van der Waals surface area contributed by atoms with E-state index in [1.807, 2.05) is 13.8 Å². The van der Waals surface area contributed by atoms with E-state index in [-0.39, 0.29) is 16.5 Å². The van der Waals surface area contributed by atoms with Crippen LogP contribution in [0.25, 0.3) is 0 Å². The molecule has 0 spiro atoms. The molecule has 1 aromatic carbocycles. The summed E-state index contributed by atoms with van der Waals surface area (Å²) < 4.78 is 28.2. The third kappa shape index (κ3) is 5.57. The van der Waals surface area contributed by atoms with Crippen molar-refractivity contribution in [2.45, 2.75) is 63.3 Å². The minimum Gasteiger partial charge on any atom is -0.478 e. The van der Waals surface area contributed by atoms with Crippen molar-refractivity contribution in [3.8, 4) is 0 Å². The fraction of sp³-hybridized carbons (Fsp3) is 0.526. The lowest BCUT2D eigenvalue weighted by Gasteiger charge is -2.18. The van der Waals surface area contributed by atoms with Gasteiger partial charge in [0.05, 0.1) is 11.3 Å². The van der Waals surface area contributed by atoms with Crippen molar-refractivity contribution in [1.29, 1.82) is 0 Å². The van der Waals surface area contributed by atoms with Crippen LogP contribution < -0.4 is 10.0 Å². The lowest BCUT2D eigenvalue weighted by molar-refractivity contribution is 0.0696. The quantitative estimate of drug-likeness (QED) is 0.567. The second kappa shape index (κ2) is 9.19. The van der Waals surface area contributed by atoms with Crippen molar-refractivity contribution in [3.63, 3.8) is 0 Å². The Labute approximate surface area is 155 Å². The van der Waals surface area contributed by atoms with E-state index in [0.717, 1.165) is 25.7 Å². The van der Waals surface area contributed by atoms with Crippen LogP contribution in [0.3, 0.4) is 0 Å². The maximum absolute atomic E-state index is 12.8. The Bertz CT molecular complexity index is 772. The van der Waals surface area contributed by atoms with Crippen LogP contribution >= 0.6 is 0 Å². The minimum absolute atomic E-state index is 0.0182. The van der Waals surface area contributed by atoms with Gasteiger partial charge in [0.15, 0.2) is 0 Å². The SMILES string of the molecule is CC[C@@H](C)Nc1ccc(C(=O)O)cc1S(=O)(=O)NCCC1=CCCCC1. The highest BCUT2D eigenvalue weighted by molar-refractivity contribution is 7.89. The number of hydrogen-bond acceptors (Lipinski definition) is 4. The van der Waals surface area contributed by atoms with Crippen LogP contribution in [0.4, 0.5) is 5.69 Å². The highest BCUT2D eigenvalue weighted by Crippen LogP contribution is 2.25. The van der Waals surface area contributed by atoms with E-state index in [2.05, 4.69) is 16.1 Å². The van der Waals surface area contributed by atoms with Gasteiger partial charge in [-0.05, 0) is 63.6 Å². The maximum Gasteiger partial charge on any atom is 0.335 e. The standard InChI is InChI=1S/C19H28N2O4S/c1-3-14(2)21-17-10-9-16(19(22)23)13-18(17)26(24,25)20-12-11-15-7-5-4-6-8-15/h7,9-10,13-14,20-21H,3-6,8,11-12H2,1-2H3,(H,22,23)/t14-/m1/s1. The molecule has 0 unspecified atom stereocenters. The molecule has 144 valence electrons. The van der Waals surface area contributed by atoms with Gasteiger partial charge >= 0.3 is 5.97 Å². The van der Waals surface area contributed by atoms with Crippen molar-refractivity contribution < 1.29 is 18.3 Å². The molecule has 0 aromatic heterocycles. The number of carboxylic acid groups (broad SMARTS) is 1. The van der Waals surface area contributed by atoms with Gasteiger partial charge in [0, 0.05) is 12.6 Å². The molecule has 0 amide bonds. The van der Waals surface area contributed by atoms with Gasteiger partial charge in [-0.25, -0.2) is 17.9 Å². The number of anilines is 1. The lowest BCUT2D eigenvalue weighted by Crippen LogP contribution is -2.27. The van der Waals surface area contributed by atoms with Crippen molar-refractivity contribution in [1.82, 2.24) is 4.72 Å². The first-order valence-electron chi connectivity index (χ1n) is 9.15. The molecule has 26 heavy (non-hydrogen) atoms. The third-order valence-electron chi connectivity index (χ3n) is 4.66. The summed E-state index contributed by atoms with van der Waals surface area (Å²) in [7, 11) is -3.80. The zero-order valence-electron chi connectivity index (χ0n) is 15.4. The average molecular weight is 381 g/mol. The van der Waals surface area contributed by atoms with E-state index in [1.54, 1.807) is 0 Å². The number of rotatable bonds is 9. The summed E-state index contributed by atoms with van der Waals surface area (Å²) in [6.45, 7) is 4.26. The molecule has 0 aliphatic heterocycles. The largest absolute Gasteiger partial charge is 0.478 e.